The van der Waals surface area contributed by atoms with Gasteiger partial charge in [0.2, 0.25) is 0 Å². The van der Waals surface area contributed by atoms with Crippen molar-refractivity contribution in [3.63, 3.8) is 0 Å². The topological polar surface area (TPSA) is 85.2 Å². The summed E-state index contributed by atoms with van der Waals surface area (Å²) in [6, 6.07) is 1.51. The summed E-state index contributed by atoms with van der Waals surface area (Å²) in [5.74, 6) is 3.55. The number of oxazole rings is 1. The fraction of sp³-hybridized carbons (Fsp3) is 0.100. The summed E-state index contributed by atoms with van der Waals surface area (Å²) in [6.07, 6.45) is 1.42. The van der Waals surface area contributed by atoms with E-state index < -0.39 is 11.7 Å². The SMILES string of the molecule is COC(=O)C#Cc1cnc2[nH]c(=O)oc2c1. The summed E-state index contributed by atoms with van der Waals surface area (Å²) in [6.45, 7) is 0. The van der Waals surface area contributed by atoms with Crippen molar-refractivity contribution in [3.8, 4) is 11.8 Å². The number of methoxy groups -OCH3 is 1. The molecule has 0 saturated heterocycles. The molecule has 80 valence electrons. The maximum Gasteiger partial charge on any atom is 0.418 e. The molecular weight excluding hydrogens is 212 g/mol. The smallest absolute Gasteiger partial charge is 0.418 e. The van der Waals surface area contributed by atoms with E-state index in [0.29, 0.717) is 16.8 Å². The Morgan fingerprint density at radius 2 is 2.44 bits per heavy atom. The minimum absolute atomic E-state index is 0.293. The summed E-state index contributed by atoms with van der Waals surface area (Å²) < 4.78 is 9.14. The van der Waals surface area contributed by atoms with Crippen LogP contribution in [0.3, 0.4) is 0 Å². The van der Waals surface area contributed by atoms with E-state index in [2.05, 4.69) is 26.5 Å². The zero-order valence-electron chi connectivity index (χ0n) is 8.23. The number of ether oxygens (including phenoxy) is 1. The second kappa shape index (κ2) is 3.90. The van der Waals surface area contributed by atoms with Crippen LogP contribution in [0.15, 0.2) is 21.5 Å². The first-order chi connectivity index (χ1) is 7.69. The molecule has 0 amide bonds. The Morgan fingerprint density at radius 1 is 1.62 bits per heavy atom. The average molecular weight is 218 g/mol. The van der Waals surface area contributed by atoms with Gasteiger partial charge in [0.05, 0.1) is 7.11 Å². The molecule has 0 bridgehead atoms. The molecular formula is C10H6N2O4. The van der Waals surface area contributed by atoms with Crippen molar-refractivity contribution in [3.05, 3.63) is 28.4 Å². The van der Waals surface area contributed by atoms with Crippen molar-refractivity contribution in [2.24, 2.45) is 0 Å². The highest BCUT2D eigenvalue weighted by Crippen LogP contribution is 2.07. The van der Waals surface area contributed by atoms with Gasteiger partial charge >= 0.3 is 11.7 Å². The van der Waals surface area contributed by atoms with Crippen LogP contribution in [0, 0.1) is 11.8 Å². The quantitative estimate of drug-likeness (QED) is 0.498. The summed E-state index contributed by atoms with van der Waals surface area (Å²) in [4.78, 5) is 27.9. The minimum Gasteiger partial charge on any atom is -0.459 e. The Bertz CT molecular complexity index is 656. The second-order valence-corrected chi connectivity index (χ2v) is 2.83. The Morgan fingerprint density at radius 3 is 3.19 bits per heavy atom. The number of esters is 1. The van der Waals surface area contributed by atoms with Crippen LogP contribution in [-0.2, 0) is 9.53 Å². The van der Waals surface area contributed by atoms with Crippen LogP contribution in [0.25, 0.3) is 11.2 Å². The van der Waals surface area contributed by atoms with E-state index in [-0.39, 0.29) is 0 Å². The molecule has 0 spiro atoms. The molecule has 0 fully saturated rings. The number of nitrogens with zero attached hydrogens (tertiary/aromatic N) is 1. The molecule has 6 heteroatoms. The molecule has 0 saturated carbocycles. The third-order valence-electron chi connectivity index (χ3n) is 1.77. The third-order valence-corrected chi connectivity index (χ3v) is 1.77. The van der Waals surface area contributed by atoms with Gasteiger partial charge in [0.15, 0.2) is 11.2 Å². The normalized spacial score (nSPS) is 9.56. The summed E-state index contributed by atoms with van der Waals surface area (Å²) in [5, 5.41) is 0. The Labute approximate surface area is 89.2 Å². The van der Waals surface area contributed by atoms with E-state index in [1.165, 1.54) is 19.4 Å². The molecule has 0 radical (unpaired) electrons. The highest BCUT2D eigenvalue weighted by Gasteiger charge is 2.02. The number of nitrogens with one attached hydrogen (secondary N) is 1. The summed E-state index contributed by atoms with van der Waals surface area (Å²) >= 11 is 0. The van der Waals surface area contributed by atoms with Crippen LogP contribution in [0.1, 0.15) is 5.56 Å². The van der Waals surface area contributed by atoms with Gasteiger partial charge < -0.3 is 9.15 Å². The number of H-pyrrole nitrogens is 1. The van der Waals surface area contributed by atoms with Gasteiger partial charge in [-0.1, -0.05) is 5.92 Å². The monoisotopic (exact) mass is 218 g/mol. The molecule has 0 atom stereocenters. The van der Waals surface area contributed by atoms with E-state index in [4.69, 9.17) is 4.42 Å². The number of carbonyl (C=O) groups is 1. The van der Waals surface area contributed by atoms with Crippen LogP contribution < -0.4 is 5.76 Å². The van der Waals surface area contributed by atoms with Crippen LogP contribution in [0.5, 0.6) is 0 Å². The number of carbonyl (C=O) groups excluding carboxylic acids is 1. The molecule has 0 aromatic carbocycles. The van der Waals surface area contributed by atoms with Crippen LogP contribution in [0.2, 0.25) is 0 Å². The maximum atomic E-state index is 10.8. The van der Waals surface area contributed by atoms with E-state index in [9.17, 15) is 9.59 Å². The first kappa shape index (κ1) is 9.98. The van der Waals surface area contributed by atoms with E-state index in [1.807, 2.05) is 0 Å². The lowest BCUT2D eigenvalue weighted by molar-refractivity contribution is -0.133. The largest absolute Gasteiger partial charge is 0.459 e. The van der Waals surface area contributed by atoms with Crippen molar-refractivity contribution in [1.82, 2.24) is 9.97 Å². The van der Waals surface area contributed by atoms with Crippen LogP contribution >= 0.6 is 0 Å². The molecule has 2 heterocycles. The zero-order valence-corrected chi connectivity index (χ0v) is 8.23. The lowest BCUT2D eigenvalue weighted by Crippen LogP contribution is -1.94. The van der Waals surface area contributed by atoms with Crippen molar-refractivity contribution in [1.29, 1.82) is 0 Å². The summed E-state index contributed by atoms with van der Waals surface area (Å²) in [7, 11) is 1.24. The molecule has 1 N–H and O–H groups in total. The number of hydrogen-bond acceptors (Lipinski definition) is 5. The zero-order chi connectivity index (χ0) is 11.5. The van der Waals surface area contributed by atoms with Crippen molar-refractivity contribution >= 4 is 17.2 Å². The predicted octanol–water partition coefficient (Wildman–Crippen LogP) is 0.0406. The standard InChI is InChI=1S/C10H6N2O4/c1-15-8(13)3-2-6-4-7-9(11-5-6)12-10(14)16-7/h4-5H,1H3,(H,11,12,14). The van der Waals surface area contributed by atoms with Gasteiger partial charge in [-0.2, -0.15) is 0 Å². The third kappa shape index (κ3) is 1.93. The highest BCUT2D eigenvalue weighted by molar-refractivity contribution is 5.89. The predicted molar refractivity (Wildman–Crippen MR) is 53.5 cm³/mol. The van der Waals surface area contributed by atoms with Gasteiger partial charge in [-0.15, -0.1) is 0 Å². The average Bonchev–Trinajstić information content (AvgIpc) is 2.65. The number of pyridine rings is 1. The van der Waals surface area contributed by atoms with Gasteiger partial charge in [-0.05, 0) is 0 Å². The van der Waals surface area contributed by atoms with Crippen LogP contribution in [-0.4, -0.2) is 23.0 Å². The van der Waals surface area contributed by atoms with Crippen LogP contribution in [0.4, 0.5) is 0 Å². The van der Waals surface area contributed by atoms with Gasteiger partial charge in [0, 0.05) is 23.7 Å². The van der Waals surface area contributed by atoms with Crippen molar-refractivity contribution in [2.45, 2.75) is 0 Å². The Balaban J connectivity index is 2.42. The highest BCUT2D eigenvalue weighted by atomic mass is 16.5. The molecule has 0 unspecified atom stereocenters. The molecule has 0 aliphatic carbocycles. The number of aromatic amines is 1. The lowest BCUT2D eigenvalue weighted by atomic mass is 10.3. The molecule has 0 aliphatic heterocycles. The van der Waals surface area contributed by atoms with E-state index >= 15 is 0 Å². The van der Waals surface area contributed by atoms with Gasteiger partial charge in [0.1, 0.15) is 0 Å². The van der Waals surface area contributed by atoms with Gasteiger partial charge in [0.25, 0.3) is 0 Å². The molecule has 6 nitrogen and oxygen atoms in total. The molecule has 2 aromatic heterocycles. The number of hydrogen-bond donors (Lipinski definition) is 1. The first-order valence-corrected chi connectivity index (χ1v) is 4.28. The van der Waals surface area contributed by atoms with Crippen molar-refractivity contribution < 1.29 is 13.9 Å². The fourth-order valence-corrected chi connectivity index (χ4v) is 1.08. The van der Waals surface area contributed by atoms with Gasteiger partial charge in [-0.3, -0.25) is 4.98 Å². The second-order valence-electron chi connectivity index (χ2n) is 2.83. The number of rotatable bonds is 0. The summed E-state index contributed by atoms with van der Waals surface area (Å²) in [5.41, 5.74) is 1.09. The number of fused-ring (bicyclic) bond motifs is 1. The van der Waals surface area contributed by atoms with E-state index in [1.54, 1.807) is 0 Å². The Kier molecular flexibility index (Phi) is 2.44. The lowest BCUT2D eigenvalue weighted by Gasteiger charge is -1.88. The maximum absolute atomic E-state index is 10.8. The molecule has 0 aliphatic rings. The van der Waals surface area contributed by atoms with Gasteiger partial charge in [-0.25, -0.2) is 14.6 Å². The van der Waals surface area contributed by atoms with Crippen molar-refractivity contribution in [2.75, 3.05) is 7.11 Å². The molecule has 16 heavy (non-hydrogen) atoms. The molecule has 2 aromatic rings. The Hall–Kier alpha value is -2.55. The first-order valence-electron chi connectivity index (χ1n) is 4.28. The van der Waals surface area contributed by atoms with E-state index in [0.717, 1.165) is 0 Å². The fourth-order valence-electron chi connectivity index (χ4n) is 1.08. The number of aromatic nitrogens is 2. The minimum atomic E-state index is -0.643. The molecule has 2 rings (SSSR count).